The van der Waals surface area contributed by atoms with Crippen molar-refractivity contribution in [3.8, 4) is 0 Å². The van der Waals surface area contributed by atoms with Gasteiger partial charge in [0.15, 0.2) is 12.1 Å². The zero-order valence-corrected chi connectivity index (χ0v) is 16.2. The molecule has 6 aliphatic rings. The Balaban J connectivity index is 1.42. The average Bonchev–Trinajstić information content (AvgIpc) is 3.30. The van der Waals surface area contributed by atoms with Gasteiger partial charge in [0.2, 0.25) is 0 Å². The molecule has 27 heavy (non-hydrogen) atoms. The van der Waals surface area contributed by atoms with Crippen LogP contribution in [0.3, 0.4) is 0 Å². The Hall–Kier alpha value is -1.19. The number of aliphatic hydroxyl groups excluding tert-OH is 1. The normalized spacial score (nSPS) is 55.0. The van der Waals surface area contributed by atoms with Gasteiger partial charge in [-0.15, -0.1) is 0 Å². The van der Waals surface area contributed by atoms with Crippen molar-refractivity contribution in [1.82, 2.24) is 0 Å². The molecule has 144 valence electrons. The number of rotatable bonds is 1. The SMILES string of the molecule is C=C1CC2C(CC[C@@]3(CC)C2[C@@H]2C[C@@H]2[C@@]32C=CC(O)O2)[C@H]2CCC(=O)C=C12. The third-order valence-corrected chi connectivity index (χ3v) is 9.48. The van der Waals surface area contributed by atoms with Crippen molar-refractivity contribution < 1.29 is 14.6 Å². The van der Waals surface area contributed by atoms with Gasteiger partial charge in [0.25, 0.3) is 0 Å². The summed E-state index contributed by atoms with van der Waals surface area (Å²) in [4.78, 5) is 12.0. The first-order chi connectivity index (χ1) is 13.0. The average molecular weight is 367 g/mol. The molecule has 4 fully saturated rings. The van der Waals surface area contributed by atoms with E-state index in [1.807, 2.05) is 12.2 Å². The standard InChI is InChI=1S/C24H30O3/c1-3-23-8-6-16-15-5-4-14(25)11-17(15)13(2)10-18(16)22(23)19-12-20(19)24(23)9-7-21(26)27-24/h7,9,11,15-16,18-22,26H,2-6,8,10,12H2,1H3/t15-,16?,18?,19-,20+,21?,22?,23+,24+/m1/s1. The quantitative estimate of drug-likeness (QED) is 0.708. The smallest absolute Gasteiger partial charge is 0.175 e. The lowest BCUT2D eigenvalue weighted by Crippen LogP contribution is -2.56. The van der Waals surface area contributed by atoms with Gasteiger partial charge in [0, 0.05) is 11.8 Å². The van der Waals surface area contributed by atoms with Crippen LogP contribution < -0.4 is 0 Å². The number of carbonyl (C=O) groups excluding carboxylic acids is 1. The van der Waals surface area contributed by atoms with Crippen molar-refractivity contribution in [1.29, 1.82) is 0 Å². The molecule has 0 saturated heterocycles. The lowest BCUT2D eigenvalue weighted by molar-refractivity contribution is -0.201. The van der Waals surface area contributed by atoms with Crippen LogP contribution in [0.25, 0.3) is 0 Å². The molecule has 0 radical (unpaired) electrons. The van der Waals surface area contributed by atoms with E-state index in [2.05, 4.69) is 19.6 Å². The Kier molecular flexibility index (Phi) is 3.25. The van der Waals surface area contributed by atoms with Crippen LogP contribution in [-0.2, 0) is 9.53 Å². The van der Waals surface area contributed by atoms with Crippen molar-refractivity contribution in [2.75, 3.05) is 0 Å². The molecule has 4 unspecified atom stereocenters. The molecule has 9 atom stereocenters. The zero-order valence-electron chi connectivity index (χ0n) is 16.2. The number of allylic oxidation sites excluding steroid dienone is 2. The summed E-state index contributed by atoms with van der Waals surface area (Å²) < 4.78 is 6.32. The van der Waals surface area contributed by atoms with E-state index in [0.29, 0.717) is 41.8 Å². The van der Waals surface area contributed by atoms with Gasteiger partial charge in [-0.25, -0.2) is 0 Å². The number of aliphatic hydroxyl groups is 1. The van der Waals surface area contributed by atoms with Gasteiger partial charge < -0.3 is 9.84 Å². The highest BCUT2D eigenvalue weighted by atomic mass is 16.6. The molecule has 6 rings (SSSR count). The highest BCUT2D eigenvalue weighted by Gasteiger charge is 2.78. The van der Waals surface area contributed by atoms with Crippen molar-refractivity contribution in [3.63, 3.8) is 0 Å². The van der Waals surface area contributed by atoms with Crippen LogP contribution in [0, 0.1) is 40.9 Å². The van der Waals surface area contributed by atoms with Gasteiger partial charge in [-0.3, -0.25) is 4.79 Å². The van der Waals surface area contributed by atoms with Gasteiger partial charge in [-0.05, 0) is 91.8 Å². The number of ether oxygens (including phenoxy) is 1. The maximum Gasteiger partial charge on any atom is 0.175 e. The number of fused-ring (bicyclic) bond motifs is 9. The molecular formula is C24H30O3. The molecule has 1 aliphatic heterocycles. The summed E-state index contributed by atoms with van der Waals surface area (Å²) in [6.45, 7) is 6.76. The largest absolute Gasteiger partial charge is 0.365 e. The summed E-state index contributed by atoms with van der Waals surface area (Å²) in [5, 5.41) is 10.2. The summed E-state index contributed by atoms with van der Waals surface area (Å²) in [6.07, 6.45) is 12.9. The van der Waals surface area contributed by atoms with E-state index in [1.165, 1.54) is 30.4 Å². The minimum atomic E-state index is -0.730. The van der Waals surface area contributed by atoms with E-state index >= 15 is 0 Å². The maximum absolute atomic E-state index is 12.0. The van der Waals surface area contributed by atoms with Gasteiger partial charge in [-0.1, -0.05) is 25.2 Å². The van der Waals surface area contributed by atoms with Gasteiger partial charge >= 0.3 is 0 Å². The van der Waals surface area contributed by atoms with E-state index in [4.69, 9.17) is 4.74 Å². The second-order valence-electron chi connectivity index (χ2n) is 10.1. The van der Waals surface area contributed by atoms with Crippen molar-refractivity contribution >= 4 is 5.78 Å². The van der Waals surface area contributed by atoms with Crippen LogP contribution in [0.1, 0.15) is 51.9 Å². The van der Waals surface area contributed by atoms with Crippen molar-refractivity contribution in [2.45, 2.75) is 63.8 Å². The van der Waals surface area contributed by atoms with Gasteiger partial charge in [0.05, 0.1) is 5.60 Å². The Morgan fingerprint density at radius 2 is 2.15 bits per heavy atom. The Morgan fingerprint density at radius 3 is 2.89 bits per heavy atom. The second-order valence-corrected chi connectivity index (χ2v) is 10.1. The van der Waals surface area contributed by atoms with Gasteiger partial charge in [0.1, 0.15) is 0 Å². The fourth-order valence-electron chi connectivity index (χ4n) is 8.62. The summed E-state index contributed by atoms with van der Waals surface area (Å²) in [5.74, 6) is 4.22. The molecule has 3 heteroatoms. The number of carbonyl (C=O) groups is 1. The molecule has 1 N–H and O–H groups in total. The highest BCUT2D eigenvalue weighted by molar-refractivity contribution is 5.92. The van der Waals surface area contributed by atoms with Crippen LogP contribution in [0.15, 0.2) is 36.0 Å². The van der Waals surface area contributed by atoms with E-state index < -0.39 is 6.29 Å². The van der Waals surface area contributed by atoms with E-state index in [-0.39, 0.29) is 11.0 Å². The third kappa shape index (κ3) is 1.88. The molecule has 3 nitrogen and oxygen atoms in total. The predicted molar refractivity (Wildman–Crippen MR) is 103 cm³/mol. The van der Waals surface area contributed by atoms with E-state index in [1.54, 1.807) is 0 Å². The van der Waals surface area contributed by atoms with Crippen LogP contribution in [0.5, 0.6) is 0 Å². The zero-order chi connectivity index (χ0) is 18.6. The first-order valence-electron chi connectivity index (χ1n) is 11.0. The monoisotopic (exact) mass is 366 g/mol. The molecule has 0 aromatic heterocycles. The molecule has 1 spiro atoms. The summed E-state index contributed by atoms with van der Waals surface area (Å²) >= 11 is 0. The Labute approximate surface area is 161 Å². The highest BCUT2D eigenvalue weighted by Crippen LogP contribution is 2.78. The van der Waals surface area contributed by atoms with Crippen LogP contribution in [-0.4, -0.2) is 22.8 Å². The molecule has 5 aliphatic carbocycles. The molecular weight excluding hydrogens is 336 g/mol. The van der Waals surface area contributed by atoms with Crippen LogP contribution >= 0.6 is 0 Å². The molecule has 0 aromatic carbocycles. The first-order valence-corrected chi connectivity index (χ1v) is 11.0. The van der Waals surface area contributed by atoms with E-state index in [0.717, 1.165) is 25.2 Å². The number of ketones is 1. The lowest BCUT2D eigenvalue weighted by atomic mass is 9.47. The topological polar surface area (TPSA) is 46.5 Å². The molecule has 1 heterocycles. The van der Waals surface area contributed by atoms with E-state index in [9.17, 15) is 9.90 Å². The Bertz CT molecular complexity index is 793. The maximum atomic E-state index is 12.0. The van der Waals surface area contributed by atoms with Crippen molar-refractivity contribution in [3.05, 3.63) is 36.0 Å². The van der Waals surface area contributed by atoms with Crippen LogP contribution in [0.4, 0.5) is 0 Å². The minimum Gasteiger partial charge on any atom is -0.365 e. The summed E-state index contributed by atoms with van der Waals surface area (Å²) in [5.41, 5.74) is 2.44. The molecule has 0 bridgehead atoms. The molecule has 4 saturated carbocycles. The summed E-state index contributed by atoms with van der Waals surface area (Å²) in [6, 6.07) is 0. The summed E-state index contributed by atoms with van der Waals surface area (Å²) in [7, 11) is 0. The third-order valence-electron chi connectivity index (χ3n) is 9.48. The first kappa shape index (κ1) is 16.7. The fourth-order valence-corrected chi connectivity index (χ4v) is 8.62. The second kappa shape index (κ2) is 5.24. The van der Waals surface area contributed by atoms with Crippen LogP contribution in [0.2, 0.25) is 0 Å². The Morgan fingerprint density at radius 1 is 1.30 bits per heavy atom. The molecule has 0 aromatic rings. The number of hydrogen-bond acceptors (Lipinski definition) is 3. The van der Waals surface area contributed by atoms with Gasteiger partial charge in [-0.2, -0.15) is 0 Å². The van der Waals surface area contributed by atoms with Crippen molar-refractivity contribution in [2.24, 2.45) is 40.9 Å². The number of hydrogen-bond donors (Lipinski definition) is 1. The predicted octanol–water partition coefficient (Wildman–Crippen LogP) is 4.18. The lowest BCUT2D eigenvalue weighted by Gasteiger charge is -2.58. The molecule has 0 amide bonds. The minimum absolute atomic E-state index is 0.168. The fraction of sp³-hybridized carbons (Fsp3) is 0.708.